The molecule has 3 aliphatic rings. The maximum Gasteiger partial charge on any atom is 0.169 e. The van der Waals surface area contributed by atoms with Gasteiger partial charge in [0.25, 0.3) is 0 Å². The molecule has 0 radical (unpaired) electrons. The number of hydrogen-bond acceptors (Lipinski definition) is 4. The maximum absolute atomic E-state index is 13.5. The van der Waals surface area contributed by atoms with Crippen molar-refractivity contribution in [2.24, 2.45) is 5.92 Å². The summed E-state index contributed by atoms with van der Waals surface area (Å²) in [6.45, 7) is 3.48. The molecule has 2 heterocycles. The van der Waals surface area contributed by atoms with Gasteiger partial charge in [-0.05, 0) is 56.2 Å². The molecule has 2 aliphatic heterocycles. The lowest BCUT2D eigenvalue weighted by Crippen LogP contribution is -2.44. The largest absolute Gasteiger partial charge is 0.492 e. The van der Waals surface area contributed by atoms with Crippen molar-refractivity contribution in [2.75, 3.05) is 13.2 Å². The molecule has 0 bridgehead atoms. The Morgan fingerprint density at radius 3 is 2.81 bits per heavy atom. The highest BCUT2D eigenvalue weighted by atomic mass is 16.5. The second-order valence-corrected chi connectivity index (χ2v) is 9.60. The number of ether oxygens (including phenoxy) is 3. The van der Waals surface area contributed by atoms with Gasteiger partial charge >= 0.3 is 0 Å². The smallest absolute Gasteiger partial charge is 0.169 e. The van der Waals surface area contributed by atoms with Crippen molar-refractivity contribution in [3.05, 3.63) is 65.2 Å². The molecule has 0 aromatic heterocycles. The Bertz CT molecular complexity index is 940. The summed E-state index contributed by atoms with van der Waals surface area (Å²) in [5.41, 5.74) is 2.97. The van der Waals surface area contributed by atoms with Crippen LogP contribution in [0.5, 0.6) is 5.75 Å². The summed E-state index contributed by atoms with van der Waals surface area (Å²) in [5.74, 6) is 1.11. The number of benzene rings is 2. The molecule has 1 spiro atoms. The zero-order valence-corrected chi connectivity index (χ0v) is 19.1. The van der Waals surface area contributed by atoms with Crippen molar-refractivity contribution in [1.82, 2.24) is 0 Å². The highest BCUT2D eigenvalue weighted by Crippen LogP contribution is 2.46. The molecule has 1 saturated carbocycles. The van der Waals surface area contributed by atoms with Gasteiger partial charge in [-0.1, -0.05) is 42.5 Å². The van der Waals surface area contributed by atoms with Gasteiger partial charge in [0.1, 0.15) is 5.75 Å². The number of carbonyl (C=O) groups is 1. The van der Waals surface area contributed by atoms with Crippen molar-refractivity contribution in [2.45, 2.75) is 76.1 Å². The molecule has 4 atom stereocenters. The predicted octanol–water partition coefficient (Wildman–Crippen LogP) is 6.08. The van der Waals surface area contributed by atoms with E-state index in [4.69, 9.17) is 14.2 Å². The molecular formula is C28H34O4. The Labute approximate surface area is 191 Å². The van der Waals surface area contributed by atoms with E-state index in [-0.39, 0.29) is 29.5 Å². The SMILES string of the molecule is CCOC1CC(c2ccccc2)OC2(CCCC(C(=O)c3cccc4c3OCC4)CC2)C1. The van der Waals surface area contributed by atoms with E-state index in [0.717, 1.165) is 69.3 Å². The van der Waals surface area contributed by atoms with Crippen molar-refractivity contribution in [3.8, 4) is 5.75 Å². The fourth-order valence-electron chi connectivity index (χ4n) is 5.96. The van der Waals surface area contributed by atoms with Crippen LogP contribution in [0.2, 0.25) is 0 Å². The first kappa shape index (κ1) is 21.7. The minimum Gasteiger partial charge on any atom is -0.492 e. The molecule has 1 aliphatic carbocycles. The highest BCUT2D eigenvalue weighted by molar-refractivity contribution is 6.00. The quantitative estimate of drug-likeness (QED) is 0.535. The lowest BCUT2D eigenvalue weighted by atomic mass is 9.81. The van der Waals surface area contributed by atoms with E-state index in [9.17, 15) is 4.79 Å². The van der Waals surface area contributed by atoms with Gasteiger partial charge in [-0.3, -0.25) is 4.79 Å². The van der Waals surface area contributed by atoms with E-state index in [1.807, 2.05) is 18.2 Å². The lowest BCUT2D eigenvalue weighted by Gasteiger charge is -2.44. The van der Waals surface area contributed by atoms with Gasteiger partial charge in [-0.15, -0.1) is 0 Å². The monoisotopic (exact) mass is 434 g/mol. The van der Waals surface area contributed by atoms with Gasteiger partial charge in [0.15, 0.2) is 5.78 Å². The van der Waals surface area contributed by atoms with Crippen LogP contribution in [-0.4, -0.2) is 30.7 Å². The molecule has 2 aromatic carbocycles. The third kappa shape index (κ3) is 4.35. The van der Waals surface area contributed by atoms with E-state index in [1.165, 1.54) is 11.1 Å². The maximum atomic E-state index is 13.5. The minimum atomic E-state index is -0.206. The fourth-order valence-corrected chi connectivity index (χ4v) is 5.96. The molecule has 4 heteroatoms. The molecule has 0 N–H and O–H groups in total. The average molecular weight is 435 g/mol. The normalized spacial score (nSPS) is 29.8. The number of carbonyl (C=O) groups excluding carboxylic acids is 1. The molecule has 4 unspecified atom stereocenters. The third-order valence-electron chi connectivity index (χ3n) is 7.53. The molecule has 1 saturated heterocycles. The molecule has 2 fully saturated rings. The van der Waals surface area contributed by atoms with Crippen molar-refractivity contribution in [3.63, 3.8) is 0 Å². The zero-order chi connectivity index (χ0) is 22.0. The van der Waals surface area contributed by atoms with Crippen LogP contribution in [0.1, 0.15) is 79.5 Å². The standard InChI is InChI=1S/C28H34O4/c1-2-30-23-18-25(20-8-4-3-5-9-20)32-28(19-23)15-7-11-21(13-16-28)26(29)24-12-6-10-22-14-17-31-27(22)24/h3-6,8-10,12,21,23,25H,2,7,11,13-19H2,1H3. The Balaban J connectivity index is 1.34. The molecule has 170 valence electrons. The van der Waals surface area contributed by atoms with Crippen LogP contribution in [0, 0.1) is 5.92 Å². The first-order valence-electron chi connectivity index (χ1n) is 12.3. The topological polar surface area (TPSA) is 44.8 Å². The summed E-state index contributed by atoms with van der Waals surface area (Å²) in [6, 6.07) is 16.6. The van der Waals surface area contributed by atoms with Gasteiger partial charge in [0.2, 0.25) is 0 Å². The summed E-state index contributed by atoms with van der Waals surface area (Å²) in [7, 11) is 0. The summed E-state index contributed by atoms with van der Waals surface area (Å²) in [5, 5.41) is 0. The summed E-state index contributed by atoms with van der Waals surface area (Å²) in [4.78, 5) is 13.5. The molecule has 5 rings (SSSR count). The first-order chi connectivity index (χ1) is 15.7. The van der Waals surface area contributed by atoms with Crippen molar-refractivity contribution >= 4 is 5.78 Å². The van der Waals surface area contributed by atoms with E-state index < -0.39 is 0 Å². The Kier molecular flexibility index (Phi) is 6.34. The van der Waals surface area contributed by atoms with Gasteiger partial charge < -0.3 is 14.2 Å². The number of ketones is 1. The number of Topliss-reactive ketones (excluding diaryl/α,β-unsaturated/α-hetero) is 1. The highest BCUT2D eigenvalue weighted by Gasteiger charge is 2.44. The number of hydrogen-bond donors (Lipinski definition) is 0. The fraction of sp³-hybridized carbons (Fsp3) is 0.536. The Morgan fingerprint density at radius 2 is 1.97 bits per heavy atom. The summed E-state index contributed by atoms with van der Waals surface area (Å²) < 4.78 is 18.8. The molecular weight excluding hydrogens is 400 g/mol. The van der Waals surface area contributed by atoms with Crippen LogP contribution in [0.3, 0.4) is 0 Å². The molecule has 2 aromatic rings. The average Bonchev–Trinajstić information content (AvgIpc) is 3.22. The van der Waals surface area contributed by atoms with E-state index in [0.29, 0.717) is 6.61 Å². The Morgan fingerprint density at radius 1 is 1.09 bits per heavy atom. The van der Waals surface area contributed by atoms with Crippen LogP contribution >= 0.6 is 0 Å². The minimum absolute atomic E-state index is 0.0383. The van der Waals surface area contributed by atoms with E-state index >= 15 is 0 Å². The van der Waals surface area contributed by atoms with E-state index in [2.05, 4.69) is 37.3 Å². The van der Waals surface area contributed by atoms with Gasteiger partial charge in [0.05, 0.1) is 30.0 Å². The van der Waals surface area contributed by atoms with Gasteiger partial charge in [-0.2, -0.15) is 0 Å². The number of rotatable bonds is 5. The van der Waals surface area contributed by atoms with Crippen LogP contribution < -0.4 is 4.74 Å². The third-order valence-corrected chi connectivity index (χ3v) is 7.53. The number of fused-ring (bicyclic) bond motifs is 1. The van der Waals surface area contributed by atoms with Crippen LogP contribution in [0.15, 0.2) is 48.5 Å². The summed E-state index contributed by atoms with van der Waals surface area (Å²) in [6.07, 6.45) is 7.68. The second kappa shape index (κ2) is 9.36. The molecule has 32 heavy (non-hydrogen) atoms. The van der Waals surface area contributed by atoms with Crippen LogP contribution in [-0.2, 0) is 15.9 Å². The zero-order valence-electron chi connectivity index (χ0n) is 19.1. The van der Waals surface area contributed by atoms with E-state index in [1.54, 1.807) is 0 Å². The van der Waals surface area contributed by atoms with Crippen LogP contribution in [0.4, 0.5) is 0 Å². The predicted molar refractivity (Wildman–Crippen MR) is 124 cm³/mol. The summed E-state index contributed by atoms with van der Waals surface area (Å²) >= 11 is 0. The van der Waals surface area contributed by atoms with Crippen molar-refractivity contribution in [1.29, 1.82) is 0 Å². The lowest BCUT2D eigenvalue weighted by molar-refractivity contribution is -0.180. The first-order valence-corrected chi connectivity index (χ1v) is 12.3. The second-order valence-electron chi connectivity index (χ2n) is 9.60. The van der Waals surface area contributed by atoms with Gasteiger partial charge in [-0.25, -0.2) is 0 Å². The number of para-hydroxylation sites is 1. The Hall–Kier alpha value is -2.17. The van der Waals surface area contributed by atoms with Crippen molar-refractivity contribution < 1.29 is 19.0 Å². The van der Waals surface area contributed by atoms with Gasteiger partial charge in [0, 0.05) is 31.8 Å². The molecule has 4 nitrogen and oxygen atoms in total. The van der Waals surface area contributed by atoms with Crippen LogP contribution in [0.25, 0.3) is 0 Å². The molecule has 0 amide bonds.